The first kappa shape index (κ1) is 15.5. The lowest BCUT2D eigenvalue weighted by molar-refractivity contribution is -0.120. The van der Waals surface area contributed by atoms with Crippen LogP contribution in [0.4, 0.5) is 8.78 Å². The molecule has 0 fully saturated rings. The van der Waals surface area contributed by atoms with Crippen LogP contribution < -0.4 is 10.6 Å². The van der Waals surface area contributed by atoms with E-state index in [2.05, 4.69) is 10.6 Å². The average Bonchev–Trinajstić information content (AvgIpc) is 2.27. The summed E-state index contributed by atoms with van der Waals surface area (Å²) in [4.78, 5) is 11.3. The summed E-state index contributed by atoms with van der Waals surface area (Å²) in [5.41, 5.74) is -0.390. The molecule has 0 heterocycles. The van der Waals surface area contributed by atoms with Crippen molar-refractivity contribution >= 4 is 5.91 Å². The van der Waals surface area contributed by atoms with Crippen LogP contribution in [0.25, 0.3) is 0 Å². The third-order valence-electron chi connectivity index (χ3n) is 2.41. The number of rotatable bonds is 6. The lowest BCUT2D eigenvalue weighted by Crippen LogP contribution is -2.39. The predicted molar refractivity (Wildman–Crippen MR) is 67.5 cm³/mol. The van der Waals surface area contributed by atoms with E-state index in [-0.39, 0.29) is 30.6 Å². The van der Waals surface area contributed by atoms with E-state index in [1.807, 2.05) is 13.8 Å². The van der Waals surface area contributed by atoms with E-state index in [4.69, 9.17) is 0 Å². The smallest absolute Gasteiger partial charge is 0.234 e. The van der Waals surface area contributed by atoms with Gasteiger partial charge in [-0.1, -0.05) is 6.07 Å². The molecular weight excluding hydrogens is 254 g/mol. The fraction of sp³-hybridized carbons (Fsp3) is 0.462. The highest BCUT2D eigenvalue weighted by Crippen LogP contribution is 2.19. The van der Waals surface area contributed by atoms with Gasteiger partial charge in [0.1, 0.15) is 11.6 Å². The van der Waals surface area contributed by atoms with Gasteiger partial charge < -0.3 is 15.7 Å². The molecule has 0 saturated carbocycles. The molecule has 1 amide bonds. The van der Waals surface area contributed by atoms with Gasteiger partial charge in [0.2, 0.25) is 5.91 Å². The standard InChI is InChI=1S/C13H18F2N2O2/c1-8(2)17-12(19)7-16-6-11(18)13-9(14)4-3-5-10(13)15/h3-5,8,11,16,18H,6-7H2,1-2H3,(H,17,19). The van der Waals surface area contributed by atoms with Gasteiger partial charge in [0.05, 0.1) is 18.2 Å². The Morgan fingerprint density at radius 2 is 1.89 bits per heavy atom. The van der Waals surface area contributed by atoms with E-state index in [1.54, 1.807) is 0 Å². The molecule has 1 unspecified atom stereocenters. The fourth-order valence-corrected chi connectivity index (χ4v) is 1.63. The van der Waals surface area contributed by atoms with Crippen LogP contribution in [0.2, 0.25) is 0 Å². The van der Waals surface area contributed by atoms with Crippen molar-refractivity contribution in [2.75, 3.05) is 13.1 Å². The summed E-state index contributed by atoms with van der Waals surface area (Å²) in [6.45, 7) is 3.51. The Balaban J connectivity index is 2.48. The molecular formula is C13H18F2N2O2. The van der Waals surface area contributed by atoms with Gasteiger partial charge in [0.15, 0.2) is 0 Å². The number of halogens is 2. The Hall–Kier alpha value is -1.53. The molecule has 0 saturated heterocycles. The highest BCUT2D eigenvalue weighted by molar-refractivity contribution is 5.78. The lowest BCUT2D eigenvalue weighted by atomic mass is 10.1. The van der Waals surface area contributed by atoms with Crippen LogP contribution in [-0.2, 0) is 4.79 Å². The molecule has 1 rings (SSSR count). The Bertz CT molecular complexity index is 418. The summed E-state index contributed by atoms with van der Waals surface area (Å²) in [7, 11) is 0. The summed E-state index contributed by atoms with van der Waals surface area (Å²) < 4.78 is 26.7. The highest BCUT2D eigenvalue weighted by Gasteiger charge is 2.17. The molecule has 0 aromatic heterocycles. The summed E-state index contributed by atoms with van der Waals surface area (Å²) >= 11 is 0. The molecule has 0 spiro atoms. The van der Waals surface area contributed by atoms with Crippen molar-refractivity contribution in [2.24, 2.45) is 0 Å². The van der Waals surface area contributed by atoms with E-state index in [1.165, 1.54) is 6.07 Å². The first-order valence-electron chi connectivity index (χ1n) is 6.04. The van der Waals surface area contributed by atoms with Crippen molar-refractivity contribution in [3.8, 4) is 0 Å². The Morgan fingerprint density at radius 3 is 2.42 bits per heavy atom. The molecule has 0 bridgehead atoms. The van der Waals surface area contributed by atoms with Gasteiger partial charge in [0.25, 0.3) is 0 Å². The van der Waals surface area contributed by atoms with Gasteiger partial charge >= 0.3 is 0 Å². The van der Waals surface area contributed by atoms with Crippen molar-refractivity contribution in [3.63, 3.8) is 0 Å². The summed E-state index contributed by atoms with van der Waals surface area (Å²) in [5, 5.41) is 15.0. The third kappa shape index (κ3) is 4.92. The molecule has 3 N–H and O–H groups in total. The van der Waals surface area contributed by atoms with E-state index in [0.29, 0.717) is 0 Å². The molecule has 6 heteroatoms. The molecule has 4 nitrogen and oxygen atoms in total. The maximum Gasteiger partial charge on any atom is 0.234 e. The molecule has 19 heavy (non-hydrogen) atoms. The summed E-state index contributed by atoms with van der Waals surface area (Å²) in [6.07, 6.45) is -1.34. The van der Waals surface area contributed by atoms with Gasteiger partial charge in [-0.15, -0.1) is 0 Å². The maximum atomic E-state index is 13.4. The topological polar surface area (TPSA) is 61.4 Å². The molecule has 1 aromatic rings. The SMILES string of the molecule is CC(C)NC(=O)CNCC(O)c1c(F)cccc1F. The molecule has 0 aliphatic rings. The van der Waals surface area contributed by atoms with Gasteiger partial charge in [-0.05, 0) is 26.0 Å². The van der Waals surface area contributed by atoms with Crippen LogP contribution in [0.3, 0.4) is 0 Å². The van der Waals surface area contributed by atoms with E-state index < -0.39 is 17.7 Å². The second-order valence-corrected chi connectivity index (χ2v) is 4.50. The van der Waals surface area contributed by atoms with Gasteiger partial charge in [-0.3, -0.25) is 4.79 Å². The summed E-state index contributed by atoms with van der Waals surface area (Å²) in [6, 6.07) is 3.40. The van der Waals surface area contributed by atoms with Crippen molar-refractivity contribution < 1.29 is 18.7 Å². The molecule has 106 valence electrons. The van der Waals surface area contributed by atoms with Crippen LogP contribution in [-0.4, -0.2) is 30.1 Å². The second kappa shape index (κ2) is 7.16. The molecule has 1 aromatic carbocycles. The van der Waals surface area contributed by atoms with Crippen molar-refractivity contribution in [1.82, 2.24) is 10.6 Å². The van der Waals surface area contributed by atoms with Crippen LogP contribution in [0, 0.1) is 11.6 Å². The van der Waals surface area contributed by atoms with Crippen LogP contribution >= 0.6 is 0 Å². The summed E-state index contributed by atoms with van der Waals surface area (Å²) in [5.74, 6) is -1.85. The second-order valence-electron chi connectivity index (χ2n) is 4.50. The molecule has 0 aliphatic heterocycles. The first-order valence-corrected chi connectivity index (χ1v) is 6.04. The zero-order valence-corrected chi connectivity index (χ0v) is 10.9. The fourth-order valence-electron chi connectivity index (χ4n) is 1.63. The van der Waals surface area contributed by atoms with Crippen molar-refractivity contribution in [2.45, 2.75) is 26.0 Å². The number of benzene rings is 1. The minimum absolute atomic E-state index is 0.0169. The Kier molecular flexibility index (Phi) is 5.85. The maximum absolute atomic E-state index is 13.4. The number of amides is 1. The zero-order valence-electron chi connectivity index (χ0n) is 10.9. The third-order valence-corrected chi connectivity index (χ3v) is 2.41. The van der Waals surface area contributed by atoms with Gasteiger partial charge in [0, 0.05) is 12.6 Å². The number of nitrogens with one attached hydrogen (secondary N) is 2. The minimum atomic E-state index is -1.34. The highest BCUT2D eigenvalue weighted by atomic mass is 19.1. The van der Waals surface area contributed by atoms with Crippen molar-refractivity contribution in [1.29, 1.82) is 0 Å². The first-order chi connectivity index (χ1) is 8.91. The number of hydrogen-bond acceptors (Lipinski definition) is 3. The Morgan fingerprint density at radius 1 is 1.32 bits per heavy atom. The molecule has 1 atom stereocenters. The van der Waals surface area contributed by atoms with E-state index in [0.717, 1.165) is 12.1 Å². The molecule has 0 aliphatic carbocycles. The normalized spacial score (nSPS) is 12.5. The Labute approximate surface area is 110 Å². The number of carbonyl (C=O) groups excluding carboxylic acids is 1. The molecule has 0 radical (unpaired) electrons. The largest absolute Gasteiger partial charge is 0.387 e. The quantitative estimate of drug-likeness (QED) is 0.727. The number of hydrogen-bond donors (Lipinski definition) is 3. The van der Waals surface area contributed by atoms with Crippen LogP contribution in [0.15, 0.2) is 18.2 Å². The van der Waals surface area contributed by atoms with Crippen molar-refractivity contribution in [3.05, 3.63) is 35.4 Å². The van der Waals surface area contributed by atoms with Crippen LogP contribution in [0.1, 0.15) is 25.5 Å². The monoisotopic (exact) mass is 272 g/mol. The van der Waals surface area contributed by atoms with Crippen LogP contribution in [0.5, 0.6) is 0 Å². The predicted octanol–water partition coefficient (Wildman–Crippen LogP) is 1.11. The lowest BCUT2D eigenvalue weighted by Gasteiger charge is -2.14. The number of carbonyl (C=O) groups is 1. The van der Waals surface area contributed by atoms with E-state index in [9.17, 15) is 18.7 Å². The minimum Gasteiger partial charge on any atom is -0.387 e. The number of aliphatic hydroxyl groups excluding tert-OH is 1. The van der Waals surface area contributed by atoms with Gasteiger partial charge in [-0.25, -0.2) is 8.78 Å². The zero-order chi connectivity index (χ0) is 14.4. The average molecular weight is 272 g/mol. The number of aliphatic hydroxyl groups is 1. The van der Waals surface area contributed by atoms with Gasteiger partial charge in [-0.2, -0.15) is 0 Å². The van der Waals surface area contributed by atoms with E-state index >= 15 is 0 Å².